The molecule has 30 heavy (non-hydrogen) atoms. The lowest BCUT2D eigenvalue weighted by atomic mass is 10.2. The Kier molecular flexibility index (Phi) is 6.52. The molecule has 0 spiro atoms. The van der Waals surface area contributed by atoms with E-state index in [0.29, 0.717) is 18.8 Å². The van der Waals surface area contributed by atoms with Crippen LogP contribution >= 0.6 is 23.1 Å². The summed E-state index contributed by atoms with van der Waals surface area (Å²) in [4.78, 5) is 17.1. The Labute approximate surface area is 184 Å². The number of thiazole rings is 1. The summed E-state index contributed by atoms with van der Waals surface area (Å²) < 4.78 is 27.5. The largest absolute Gasteiger partial charge is 0.325 e. The molecule has 1 aromatic heterocycles. The third kappa shape index (κ3) is 4.92. The van der Waals surface area contributed by atoms with Crippen LogP contribution in [0.2, 0.25) is 0 Å². The van der Waals surface area contributed by atoms with Gasteiger partial charge in [0, 0.05) is 29.7 Å². The lowest BCUT2D eigenvalue weighted by Gasteiger charge is -2.15. The number of sulfonamides is 1. The third-order valence-corrected chi connectivity index (χ3v) is 8.65. The molecule has 3 aromatic rings. The number of nitrogens with zero attached hydrogens (tertiary/aromatic N) is 2. The van der Waals surface area contributed by atoms with Crippen LogP contribution in [0, 0.1) is 0 Å². The smallest absolute Gasteiger partial charge is 0.243 e. The number of thioether (sulfide) groups is 1. The number of nitrogens with one attached hydrogen (secondary N) is 1. The standard InChI is InChI=1S/C21H21N3O3S3/c25-20(15-29-21-23-19(14-28-21)16-6-2-1-3-7-16)22-17-8-10-18(11-9-17)30(26,27)24-12-4-5-13-24/h1-3,6-11,14H,4-5,12-13,15H2,(H,22,25). The molecule has 1 aliphatic heterocycles. The predicted octanol–water partition coefficient (Wildman–Crippen LogP) is 4.33. The first-order valence-corrected chi connectivity index (χ1v) is 12.9. The van der Waals surface area contributed by atoms with Gasteiger partial charge in [0.25, 0.3) is 0 Å². The van der Waals surface area contributed by atoms with Crippen LogP contribution in [-0.2, 0) is 14.8 Å². The van der Waals surface area contributed by atoms with Crippen LogP contribution in [0.4, 0.5) is 5.69 Å². The summed E-state index contributed by atoms with van der Waals surface area (Å²) in [5, 5.41) is 4.79. The lowest BCUT2D eigenvalue weighted by molar-refractivity contribution is -0.113. The molecule has 0 atom stereocenters. The molecule has 1 N–H and O–H groups in total. The fraction of sp³-hybridized carbons (Fsp3) is 0.238. The Morgan fingerprint density at radius 3 is 2.47 bits per heavy atom. The Balaban J connectivity index is 1.32. The van der Waals surface area contributed by atoms with Crippen molar-refractivity contribution in [3.8, 4) is 11.3 Å². The second kappa shape index (κ2) is 9.30. The van der Waals surface area contributed by atoms with Gasteiger partial charge >= 0.3 is 0 Å². The average Bonchev–Trinajstić information content (AvgIpc) is 3.46. The SMILES string of the molecule is O=C(CSc1nc(-c2ccccc2)cs1)Nc1ccc(S(=O)(=O)N2CCCC2)cc1. The molecule has 1 fully saturated rings. The zero-order chi connectivity index (χ0) is 21.0. The molecule has 9 heteroatoms. The fourth-order valence-electron chi connectivity index (χ4n) is 3.18. The van der Waals surface area contributed by atoms with Gasteiger partial charge in [0.2, 0.25) is 15.9 Å². The number of hydrogen-bond donors (Lipinski definition) is 1. The molecule has 1 aliphatic rings. The molecule has 2 aromatic carbocycles. The summed E-state index contributed by atoms with van der Waals surface area (Å²) in [5.41, 5.74) is 2.53. The molecule has 1 amide bonds. The maximum absolute atomic E-state index is 12.6. The Hall–Kier alpha value is -2.20. The van der Waals surface area contributed by atoms with Crippen LogP contribution in [0.15, 0.2) is 69.2 Å². The van der Waals surface area contributed by atoms with Crippen LogP contribution in [0.1, 0.15) is 12.8 Å². The van der Waals surface area contributed by atoms with Gasteiger partial charge in [-0.15, -0.1) is 11.3 Å². The fourth-order valence-corrected chi connectivity index (χ4v) is 6.33. The number of carbonyl (C=O) groups excluding carboxylic acids is 1. The average molecular weight is 460 g/mol. The van der Waals surface area contributed by atoms with E-state index in [9.17, 15) is 13.2 Å². The van der Waals surface area contributed by atoms with Gasteiger partial charge in [-0.2, -0.15) is 4.31 Å². The van der Waals surface area contributed by atoms with Gasteiger partial charge in [0.05, 0.1) is 16.3 Å². The molecule has 0 aliphatic carbocycles. The molecule has 0 unspecified atom stereocenters. The van der Waals surface area contributed by atoms with Gasteiger partial charge in [0.15, 0.2) is 4.34 Å². The van der Waals surface area contributed by atoms with Crippen molar-refractivity contribution in [2.75, 3.05) is 24.2 Å². The number of rotatable bonds is 7. The van der Waals surface area contributed by atoms with E-state index in [1.807, 2.05) is 35.7 Å². The third-order valence-electron chi connectivity index (χ3n) is 4.72. The Morgan fingerprint density at radius 1 is 1.07 bits per heavy atom. The van der Waals surface area contributed by atoms with E-state index in [2.05, 4.69) is 10.3 Å². The Bertz CT molecular complexity index is 1110. The maximum atomic E-state index is 12.6. The predicted molar refractivity (Wildman–Crippen MR) is 121 cm³/mol. The highest BCUT2D eigenvalue weighted by molar-refractivity contribution is 8.01. The highest BCUT2D eigenvalue weighted by atomic mass is 32.2. The maximum Gasteiger partial charge on any atom is 0.243 e. The minimum atomic E-state index is -3.44. The number of aromatic nitrogens is 1. The first-order chi connectivity index (χ1) is 14.5. The van der Waals surface area contributed by atoms with E-state index in [1.54, 1.807) is 24.3 Å². The monoisotopic (exact) mass is 459 g/mol. The van der Waals surface area contributed by atoms with Crippen LogP contribution in [-0.4, -0.2) is 42.5 Å². The zero-order valence-corrected chi connectivity index (χ0v) is 18.6. The minimum absolute atomic E-state index is 0.161. The zero-order valence-electron chi connectivity index (χ0n) is 16.2. The summed E-state index contributed by atoms with van der Waals surface area (Å²) in [6.07, 6.45) is 1.80. The highest BCUT2D eigenvalue weighted by Gasteiger charge is 2.26. The van der Waals surface area contributed by atoms with E-state index in [1.165, 1.54) is 27.4 Å². The second-order valence-electron chi connectivity index (χ2n) is 6.84. The van der Waals surface area contributed by atoms with Gasteiger partial charge in [-0.3, -0.25) is 4.79 Å². The second-order valence-corrected chi connectivity index (χ2v) is 10.9. The van der Waals surface area contributed by atoms with Crippen molar-refractivity contribution in [1.82, 2.24) is 9.29 Å². The number of amides is 1. The first-order valence-electron chi connectivity index (χ1n) is 9.56. The van der Waals surface area contributed by atoms with Crippen molar-refractivity contribution < 1.29 is 13.2 Å². The normalized spacial score (nSPS) is 14.7. The quantitative estimate of drug-likeness (QED) is 0.532. The molecule has 2 heterocycles. The number of anilines is 1. The number of benzene rings is 2. The van der Waals surface area contributed by atoms with Gasteiger partial charge in [0.1, 0.15) is 0 Å². The topological polar surface area (TPSA) is 79.4 Å². The molecule has 0 bridgehead atoms. The minimum Gasteiger partial charge on any atom is -0.325 e. The number of carbonyl (C=O) groups is 1. The van der Waals surface area contributed by atoms with Crippen molar-refractivity contribution in [3.63, 3.8) is 0 Å². The van der Waals surface area contributed by atoms with E-state index in [4.69, 9.17) is 0 Å². The van der Waals surface area contributed by atoms with Gasteiger partial charge in [-0.05, 0) is 37.1 Å². The van der Waals surface area contributed by atoms with E-state index < -0.39 is 10.0 Å². The molecule has 0 saturated carbocycles. The number of hydrogen-bond acceptors (Lipinski definition) is 6. The van der Waals surface area contributed by atoms with Crippen molar-refractivity contribution in [3.05, 3.63) is 60.0 Å². The molecule has 1 saturated heterocycles. The van der Waals surface area contributed by atoms with Gasteiger partial charge in [-0.25, -0.2) is 13.4 Å². The van der Waals surface area contributed by atoms with Gasteiger partial charge < -0.3 is 5.32 Å². The molecule has 6 nitrogen and oxygen atoms in total. The van der Waals surface area contributed by atoms with Crippen LogP contribution in [0.25, 0.3) is 11.3 Å². The van der Waals surface area contributed by atoms with Crippen LogP contribution < -0.4 is 5.32 Å². The van der Waals surface area contributed by atoms with Gasteiger partial charge in [-0.1, -0.05) is 42.1 Å². The first kappa shape index (κ1) is 21.0. The van der Waals surface area contributed by atoms with Crippen molar-refractivity contribution in [2.45, 2.75) is 22.1 Å². The van der Waals surface area contributed by atoms with E-state index in [0.717, 1.165) is 28.4 Å². The summed E-state index contributed by atoms with van der Waals surface area (Å²) in [6, 6.07) is 16.3. The van der Waals surface area contributed by atoms with Crippen molar-refractivity contribution in [2.24, 2.45) is 0 Å². The summed E-state index contributed by atoms with van der Waals surface area (Å²) in [5.74, 6) is 0.0712. The molecule has 156 valence electrons. The van der Waals surface area contributed by atoms with Crippen molar-refractivity contribution in [1.29, 1.82) is 0 Å². The van der Waals surface area contributed by atoms with E-state index >= 15 is 0 Å². The summed E-state index contributed by atoms with van der Waals surface area (Å²) in [6.45, 7) is 1.14. The summed E-state index contributed by atoms with van der Waals surface area (Å²) in [7, 11) is -3.44. The lowest BCUT2D eigenvalue weighted by Crippen LogP contribution is -2.27. The van der Waals surface area contributed by atoms with E-state index in [-0.39, 0.29) is 16.6 Å². The molecular weight excluding hydrogens is 438 g/mol. The van der Waals surface area contributed by atoms with Crippen LogP contribution in [0.5, 0.6) is 0 Å². The highest BCUT2D eigenvalue weighted by Crippen LogP contribution is 2.28. The van der Waals surface area contributed by atoms with Crippen LogP contribution in [0.3, 0.4) is 0 Å². The molecule has 0 radical (unpaired) electrons. The van der Waals surface area contributed by atoms with Crippen molar-refractivity contribution >= 4 is 44.7 Å². The summed E-state index contributed by atoms with van der Waals surface area (Å²) >= 11 is 2.89. The molecular formula is C21H21N3O3S3. The Morgan fingerprint density at radius 2 is 1.77 bits per heavy atom. The molecule has 4 rings (SSSR count).